The largest absolute Gasteiger partial charge is 0.438 e. The number of carbonyl (C=O) groups excluding carboxylic acids is 1. The molecule has 9 heteroatoms. The van der Waals surface area contributed by atoms with E-state index >= 15 is 0 Å². The number of pyridine rings is 1. The van der Waals surface area contributed by atoms with Crippen LogP contribution in [0.1, 0.15) is 59.2 Å². The van der Waals surface area contributed by atoms with E-state index in [1.165, 1.54) is 0 Å². The Morgan fingerprint density at radius 1 is 1.03 bits per heavy atom. The van der Waals surface area contributed by atoms with Gasteiger partial charge in [0.05, 0.1) is 0 Å². The molecule has 1 amide bonds. The molecule has 0 aliphatic heterocycles. The summed E-state index contributed by atoms with van der Waals surface area (Å²) in [7, 11) is -4.11. The van der Waals surface area contributed by atoms with Crippen LogP contribution in [0.5, 0.6) is 11.6 Å². The highest BCUT2D eigenvalue weighted by Crippen LogP contribution is 2.33. The lowest BCUT2D eigenvalue weighted by Gasteiger charge is -2.21. The lowest BCUT2D eigenvalue weighted by Crippen LogP contribution is -2.31. The first-order valence-corrected chi connectivity index (χ1v) is 12.4. The van der Waals surface area contributed by atoms with Crippen molar-refractivity contribution in [3.8, 4) is 11.6 Å². The number of nitrogens with zero attached hydrogens (tertiary/aromatic N) is 2. The van der Waals surface area contributed by atoms with Crippen molar-refractivity contribution in [2.75, 3.05) is 0 Å². The van der Waals surface area contributed by atoms with E-state index in [4.69, 9.17) is 4.74 Å². The maximum Gasteiger partial charge on any atom is 0.291 e. The Balaban J connectivity index is 2.05. The highest BCUT2D eigenvalue weighted by atomic mass is 32.2. The van der Waals surface area contributed by atoms with Gasteiger partial charge in [-0.2, -0.15) is 8.42 Å². The van der Waals surface area contributed by atoms with Gasteiger partial charge in [0, 0.05) is 22.2 Å². The van der Waals surface area contributed by atoms with Crippen LogP contribution in [0.4, 0.5) is 0 Å². The van der Waals surface area contributed by atoms with Crippen molar-refractivity contribution in [3.05, 3.63) is 63.3 Å². The monoisotopic (exact) mass is 473 g/mol. The average Bonchev–Trinajstić information content (AvgIpc) is 3.11. The molecular weight excluding hydrogens is 446 g/mol. The number of hydrogen-bond acceptors (Lipinski definition) is 7. The molecule has 0 aliphatic rings. The summed E-state index contributed by atoms with van der Waals surface area (Å²) in [6, 6.07) is 7.20. The third-order valence-electron chi connectivity index (χ3n) is 4.73. The number of nitrogens with one attached hydrogen (secondary N) is 1. The van der Waals surface area contributed by atoms with Gasteiger partial charge in [0.2, 0.25) is 10.2 Å². The zero-order chi connectivity index (χ0) is 23.8. The third-order valence-corrected chi connectivity index (χ3v) is 7.44. The standard InChI is InChI=1S/C23H27N3O4S2/c1-13-10-14(2)19(15(3)11-13)30-21-17(8-9-18(25-21)23(5,6)7)20(27)26-32(28,29)22-24-16(4)12-31-22/h8-12H,1-7H3,(H,26,27). The van der Waals surface area contributed by atoms with Gasteiger partial charge in [0.1, 0.15) is 11.3 Å². The Labute approximate surface area is 192 Å². The number of sulfonamides is 1. The highest BCUT2D eigenvalue weighted by Gasteiger charge is 2.27. The quantitative estimate of drug-likeness (QED) is 0.561. The fraction of sp³-hybridized carbons (Fsp3) is 0.348. The predicted molar refractivity (Wildman–Crippen MR) is 125 cm³/mol. The fourth-order valence-corrected chi connectivity index (χ4v) is 5.21. The first-order valence-electron chi connectivity index (χ1n) is 10.0. The number of hydrogen-bond donors (Lipinski definition) is 1. The van der Waals surface area contributed by atoms with Gasteiger partial charge in [-0.3, -0.25) is 4.79 Å². The number of amides is 1. The van der Waals surface area contributed by atoms with Crippen LogP contribution < -0.4 is 9.46 Å². The minimum Gasteiger partial charge on any atom is -0.438 e. The number of aryl methyl sites for hydroxylation is 4. The molecule has 0 unspecified atom stereocenters. The molecule has 3 rings (SSSR count). The minimum absolute atomic E-state index is 0.0224. The summed E-state index contributed by atoms with van der Waals surface area (Å²) < 4.78 is 33.3. The van der Waals surface area contributed by atoms with Crippen molar-refractivity contribution in [2.45, 2.75) is 58.2 Å². The van der Waals surface area contributed by atoms with Crippen LogP contribution in [-0.2, 0) is 15.4 Å². The van der Waals surface area contributed by atoms with E-state index in [0.29, 0.717) is 17.1 Å². The average molecular weight is 474 g/mol. The molecular formula is C23H27N3O4S2. The number of carbonyl (C=O) groups is 1. The SMILES string of the molecule is Cc1cc(C)c(Oc2nc(C(C)(C)C)ccc2C(=O)NS(=O)(=O)c2nc(C)cs2)c(C)c1. The van der Waals surface area contributed by atoms with Gasteiger partial charge in [-0.25, -0.2) is 14.7 Å². The van der Waals surface area contributed by atoms with Gasteiger partial charge < -0.3 is 4.74 Å². The minimum atomic E-state index is -4.11. The Kier molecular flexibility index (Phi) is 6.44. The highest BCUT2D eigenvalue weighted by molar-refractivity contribution is 7.92. The van der Waals surface area contributed by atoms with E-state index in [1.54, 1.807) is 24.4 Å². The topological polar surface area (TPSA) is 98.2 Å². The summed E-state index contributed by atoms with van der Waals surface area (Å²) in [4.78, 5) is 21.5. The van der Waals surface area contributed by atoms with Gasteiger partial charge in [0.25, 0.3) is 15.9 Å². The van der Waals surface area contributed by atoms with Crippen LogP contribution in [0.3, 0.4) is 0 Å². The van der Waals surface area contributed by atoms with Crippen molar-refractivity contribution in [2.24, 2.45) is 0 Å². The van der Waals surface area contributed by atoms with Gasteiger partial charge >= 0.3 is 0 Å². The predicted octanol–water partition coefficient (Wildman–Crippen LogP) is 4.98. The maximum absolute atomic E-state index is 13.0. The van der Waals surface area contributed by atoms with Crippen molar-refractivity contribution >= 4 is 27.3 Å². The lowest BCUT2D eigenvalue weighted by atomic mass is 9.91. The van der Waals surface area contributed by atoms with Crippen molar-refractivity contribution in [1.29, 1.82) is 0 Å². The summed E-state index contributed by atoms with van der Waals surface area (Å²) in [6.07, 6.45) is 0. The normalized spacial score (nSPS) is 12.0. The van der Waals surface area contributed by atoms with Crippen LogP contribution >= 0.6 is 11.3 Å². The summed E-state index contributed by atoms with van der Waals surface area (Å²) in [5.41, 5.74) is 3.87. The van der Waals surface area contributed by atoms with Crippen LogP contribution in [0.25, 0.3) is 0 Å². The summed E-state index contributed by atoms with van der Waals surface area (Å²) in [5, 5.41) is 1.61. The van der Waals surface area contributed by atoms with Crippen molar-refractivity contribution in [3.63, 3.8) is 0 Å². The van der Waals surface area contributed by atoms with E-state index in [1.807, 2.05) is 53.7 Å². The van der Waals surface area contributed by atoms with Gasteiger partial charge in [-0.1, -0.05) is 38.5 Å². The summed E-state index contributed by atoms with van der Waals surface area (Å²) in [6.45, 7) is 13.5. The number of ether oxygens (including phenoxy) is 1. The smallest absolute Gasteiger partial charge is 0.291 e. The Bertz CT molecular complexity index is 1270. The molecule has 0 bridgehead atoms. The second-order valence-corrected chi connectivity index (χ2v) is 11.5. The molecule has 1 N–H and O–H groups in total. The Morgan fingerprint density at radius 3 is 2.19 bits per heavy atom. The van der Waals surface area contributed by atoms with E-state index in [9.17, 15) is 13.2 Å². The van der Waals surface area contributed by atoms with E-state index in [2.05, 4.69) is 14.7 Å². The summed E-state index contributed by atoms with van der Waals surface area (Å²) >= 11 is 0.951. The maximum atomic E-state index is 13.0. The van der Waals surface area contributed by atoms with Crippen LogP contribution in [-0.4, -0.2) is 24.3 Å². The zero-order valence-corrected chi connectivity index (χ0v) is 20.9. The first-order chi connectivity index (χ1) is 14.8. The molecule has 2 aromatic heterocycles. The molecule has 0 fully saturated rings. The van der Waals surface area contributed by atoms with Crippen molar-refractivity contribution < 1.29 is 17.9 Å². The van der Waals surface area contributed by atoms with Crippen LogP contribution in [0.15, 0.2) is 34.0 Å². The Morgan fingerprint density at radius 2 is 1.66 bits per heavy atom. The lowest BCUT2D eigenvalue weighted by molar-refractivity contribution is 0.0978. The van der Waals surface area contributed by atoms with Gasteiger partial charge in [0.15, 0.2) is 0 Å². The molecule has 0 atom stereocenters. The molecule has 3 aromatic rings. The molecule has 0 aliphatic carbocycles. The molecule has 0 saturated heterocycles. The second-order valence-electron chi connectivity index (χ2n) is 8.82. The molecule has 1 aromatic carbocycles. The molecule has 32 heavy (non-hydrogen) atoms. The molecule has 170 valence electrons. The van der Waals surface area contributed by atoms with E-state index in [-0.39, 0.29) is 21.2 Å². The number of benzene rings is 1. The molecule has 2 heterocycles. The Hall–Kier alpha value is -2.78. The molecule has 7 nitrogen and oxygen atoms in total. The van der Waals surface area contributed by atoms with E-state index < -0.39 is 15.9 Å². The molecule has 0 radical (unpaired) electrons. The van der Waals surface area contributed by atoms with Crippen LogP contribution in [0.2, 0.25) is 0 Å². The number of rotatable bonds is 5. The van der Waals surface area contributed by atoms with E-state index in [0.717, 1.165) is 28.0 Å². The molecule has 0 saturated carbocycles. The van der Waals surface area contributed by atoms with Gasteiger partial charge in [-0.15, -0.1) is 11.3 Å². The van der Waals surface area contributed by atoms with Gasteiger partial charge in [-0.05, 0) is 51.0 Å². The molecule has 0 spiro atoms. The second kappa shape index (κ2) is 8.63. The number of thiazole rings is 1. The summed E-state index contributed by atoms with van der Waals surface area (Å²) in [5.74, 6) is -0.194. The third kappa shape index (κ3) is 5.16. The van der Waals surface area contributed by atoms with Crippen molar-refractivity contribution in [1.82, 2.24) is 14.7 Å². The zero-order valence-electron chi connectivity index (χ0n) is 19.2. The fourth-order valence-electron chi connectivity index (χ4n) is 3.21. The van der Waals surface area contributed by atoms with Crippen LogP contribution in [0, 0.1) is 27.7 Å². The first kappa shape index (κ1) is 23.9. The number of aromatic nitrogens is 2.